The van der Waals surface area contributed by atoms with Crippen molar-refractivity contribution in [3.63, 3.8) is 0 Å². The van der Waals surface area contributed by atoms with E-state index >= 15 is 0 Å². The predicted octanol–water partition coefficient (Wildman–Crippen LogP) is 4.69. The lowest BCUT2D eigenvalue weighted by atomic mass is 10.1. The Morgan fingerprint density at radius 1 is 1.16 bits per heavy atom. The van der Waals surface area contributed by atoms with E-state index in [9.17, 15) is 23.1 Å². The predicted molar refractivity (Wildman–Crippen MR) is 158 cm³/mol. The summed E-state index contributed by atoms with van der Waals surface area (Å²) >= 11 is 1.32. The molecule has 0 saturated carbocycles. The molecule has 2 aliphatic rings. The molecule has 2 aliphatic heterocycles. The Morgan fingerprint density at radius 3 is 2.63 bits per heavy atom. The van der Waals surface area contributed by atoms with Crippen LogP contribution >= 0.6 is 11.3 Å². The SMILES string of the molecule is CC[C@@H]1CCCN1Cc1sc(NC(O)c2cnc(N3CCN(CCC(=O)O)CC3)cn2)nc1-c1cccc(C(F)(F)F)c1. The van der Waals surface area contributed by atoms with Crippen molar-refractivity contribution in [1.29, 1.82) is 0 Å². The molecule has 2 atom stereocenters. The number of aliphatic carboxylic acids is 1. The first kappa shape index (κ1) is 31.1. The van der Waals surface area contributed by atoms with Gasteiger partial charge in [-0.2, -0.15) is 13.2 Å². The fourth-order valence-corrected chi connectivity index (χ4v) is 6.65. The summed E-state index contributed by atoms with van der Waals surface area (Å²) in [4.78, 5) is 31.7. The molecule has 2 aromatic heterocycles. The fraction of sp³-hybridized carbons (Fsp3) is 0.517. The van der Waals surface area contributed by atoms with Crippen LogP contribution in [0.5, 0.6) is 0 Å². The average molecular weight is 620 g/mol. The van der Waals surface area contributed by atoms with Gasteiger partial charge in [0.25, 0.3) is 0 Å². The number of carboxylic acids is 1. The van der Waals surface area contributed by atoms with E-state index < -0.39 is 23.9 Å². The highest BCUT2D eigenvalue weighted by molar-refractivity contribution is 7.16. The van der Waals surface area contributed by atoms with E-state index in [0.29, 0.717) is 54.4 Å². The second-order valence-corrected chi connectivity index (χ2v) is 11.9. The number of anilines is 2. The number of thiazole rings is 1. The molecule has 2 saturated heterocycles. The number of hydrogen-bond donors (Lipinski definition) is 3. The van der Waals surface area contributed by atoms with Gasteiger partial charge in [-0.15, -0.1) is 11.3 Å². The quantitative estimate of drug-likeness (QED) is 0.261. The highest BCUT2D eigenvalue weighted by Gasteiger charge is 2.31. The molecule has 3 N–H and O–H groups in total. The zero-order valence-corrected chi connectivity index (χ0v) is 24.7. The van der Waals surface area contributed by atoms with Crippen LogP contribution in [0.3, 0.4) is 0 Å². The number of carboxylic acid groups (broad SMARTS) is 1. The lowest BCUT2D eigenvalue weighted by Crippen LogP contribution is -2.47. The summed E-state index contributed by atoms with van der Waals surface area (Å²) in [6.07, 6.45) is 0.662. The van der Waals surface area contributed by atoms with Gasteiger partial charge in [-0.25, -0.2) is 9.97 Å². The highest BCUT2D eigenvalue weighted by atomic mass is 32.1. The number of piperazine rings is 1. The monoisotopic (exact) mass is 619 g/mol. The Bertz CT molecular complexity index is 1380. The number of nitrogens with zero attached hydrogens (tertiary/aromatic N) is 6. The molecule has 10 nitrogen and oxygen atoms in total. The van der Waals surface area contributed by atoms with Gasteiger partial charge in [0.2, 0.25) is 0 Å². The Hall–Kier alpha value is -3.33. The van der Waals surface area contributed by atoms with Crippen molar-refractivity contribution in [1.82, 2.24) is 24.8 Å². The van der Waals surface area contributed by atoms with Crippen molar-refractivity contribution < 1.29 is 28.2 Å². The van der Waals surface area contributed by atoms with E-state index in [-0.39, 0.29) is 12.1 Å². The van der Waals surface area contributed by atoms with Gasteiger partial charge in [0.05, 0.1) is 30.1 Å². The van der Waals surface area contributed by atoms with Gasteiger partial charge in [-0.1, -0.05) is 19.1 Å². The number of rotatable bonds is 11. The summed E-state index contributed by atoms with van der Waals surface area (Å²) in [6.45, 7) is 6.95. The van der Waals surface area contributed by atoms with Crippen LogP contribution in [0.4, 0.5) is 24.1 Å². The number of carbonyl (C=O) groups is 1. The van der Waals surface area contributed by atoms with Gasteiger partial charge in [0.15, 0.2) is 11.4 Å². The maximum absolute atomic E-state index is 13.5. The van der Waals surface area contributed by atoms with Crippen LogP contribution < -0.4 is 10.2 Å². The number of aliphatic hydroxyl groups is 1. The largest absolute Gasteiger partial charge is 0.481 e. The molecule has 1 unspecified atom stereocenters. The van der Waals surface area contributed by atoms with Crippen LogP contribution in [-0.4, -0.2) is 86.2 Å². The van der Waals surface area contributed by atoms with Crippen molar-refractivity contribution in [2.45, 2.75) is 57.6 Å². The van der Waals surface area contributed by atoms with Crippen LogP contribution in [0.15, 0.2) is 36.7 Å². The molecule has 14 heteroatoms. The lowest BCUT2D eigenvalue weighted by Gasteiger charge is -2.35. The van der Waals surface area contributed by atoms with E-state index in [0.717, 1.165) is 55.9 Å². The molecule has 0 bridgehead atoms. The first-order valence-electron chi connectivity index (χ1n) is 14.5. The first-order chi connectivity index (χ1) is 20.6. The second kappa shape index (κ2) is 13.5. The van der Waals surface area contributed by atoms with Gasteiger partial charge in [0, 0.05) is 55.8 Å². The van der Waals surface area contributed by atoms with Crippen LogP contribution in [0.1, 0.15) is 55.0 Å². The summed E-state index contributed by atoms with van der Waals surface area (Å²) in [5, 5.41) is 23.2. The number of likely N-dealkylation sites (tertiary alicyclic amines) is 1. The Labute approximate surface area is 252 Å². The molecule has 0 amide bonds. The third-order valence-corrected chi connectivity index (χ3v) is 8.99. The Morgan fingerprint density at radius 2 is 1.95 bits per heavy atom. The van der Waals surface area contributed by atoms with Crippen LogP contribution in [-0.2, 0) is 17.5 Å². The van der Waals surface area contributed by atoms with Crippen molar-refractivity contribution in [2.75, 3.05) is 49.5 Å². The minimum atomic E-state index is -4.47. The molecular weight excluding hydrogens is 583 g/mol. The van der Waals surface area contributed by atoms with E-state index in [4.69, 9.17) is 5.11 Å². The van der Waals surface area contributed by atoms with Gasteiger partial charge in [-0.3, -0.25) is 19.6 Å². The van der Waals surface area contributed by atoms with Gasteiger partial charge in [0.1, 0.15) is 11.5 Å². The molecule has 5 rings (SSSR count). The van der Waals surface area contributed by atoms with Crippen molar-refractivity contribution in [3.8, 4) is 11.3 Å². The molecule has 0 aliphatic carbocycles. The topological polar surface area (TPSA) is 118 Å². The molecule has 1 aromatic carbocycles. The Kier molecular flexibility index (Phi) is 9.79. The summed E-state index contributed by atoms with van der Waals surface area (Å²) in [5.74, 6) is -0.151. The molecule has 232 valence electrons. The van der Waals surface area contributed by atoms with Gasteiger partial charge >= 0.3 is 12.1 Å². The second-order valence-electron chi connectivity index (χ2n) is 10.9. The molecule has 0 radical (unpaired) electrons. The number of aromatic nitrogens is 3. The number of aliphatic hydroxyl groups excluding tert-OH is 1. The lowest BCUT2D eigenvalue weighted by molar-refractivity contribution is -0.138. The summed E-state index contributed by atoms with van der Waals surface area (Å²) < 4.78 is 40.5. The zero-order valence-electron chi connectivity index (χ0n) is 23.9. The molecule has 2 fully saturated rings. The molecule has 43 heavy (non-hydrogen) atoms. The van der Waals surface area contributed by atoms with Crippen molar-refractivity contribution in [3.05, 3.63) is 52.8 Å². The maximum atomic E-state index is 13.5. The number of alkyl halides is 3. The standard InChI is InChI=1S/C29H36F3N7O3S/c1-2-21-7-4-9-39(21)18-23-26(19-5-3-6-20(15-19)29(30,31)32)35-28(43-23)36-27(42)22-16-34-24(17-33-22)38-13-11-37(12-14-38)10-8-25(40)41/h3,5-6,15-17,21,27,42H,2,4,7-14,18H2,1H3,(H,35,36)(H,40,41)/t21-,27?/m1/s1. The van der Waals surface area contributed by atoms with E-state index in [1.54, 1.807) is 12.3 Å². The third kappa shape index (κ3) is 7.80. The average Bonchev–Trinajstić information content (AvgIpc) is 3.62. The molecule has 4 heterocycles. The van der Waals surface area contributed by atoms with E-state index in [1.165, 1.54) is 23.6 Å². The zero-order chi connectivity index (χ0) is 30.6. The third-order valence-electron chi connectivity index (χ3n) is 8.01. The van der Waals surface area contributed by atoms with Crippen LogP contribution in [0, 0.1) is 0 Å². The fourth-order valence-electron chi connectivity index (χ4n) is 5.62. The van der Waals surface area contributed by atoms with E-state index in [1.807, 2.05) is 0 Å². The number of benzene rings is 1. The summed E-state index contributed by atoms with van der Waals surface area (Å²) in [5.41, 5.74) is 0.398. The van der Waals surface area contributed by atoms with Crippen molar-refractivity contribution in [2.24, 2.45) is 0 Å². The maximum Gasteiger partial charge on any atom is 0.416 e. The van der Waals surface area contributed by atoms with E-state index in [2.05, 4.69) is 41.9 Å². The molecule has 0 spiro atoms. The highest BCUT2D eigenvalue weighted by Crippen LogP contribution is 2.38. The van der Waals surface area contributed by atoms with Crippen LogP contribution in [0.2, 0.25) is 0 Å². The van der Waals surface area contributed by atoms with Gasteiger partial charge < -0.3 is 20.4 Å². The van der Waals surface area contributed by atoms with Crippen molar-refractivity contribution >= 4 is 28.3 Å². The number of hydrogen-bond acceptors (Lipinski definition) is 10. The van der Waals surface area contributed by atoms with Crippen LogP contribution in [0.25, 0.3) is 11.3 Å². The smallest absolute Gasteiger partial charge is 0.416 e. The minimum absolute atomic E-state index is 0.110. The molecule has 3 aromatic rings. The number of nitrogens with one attached hydrogen (secondary N) is 1. The molecular formula is C29H36F3N7O3S. The summed E-state index contributed by atoms with van der Waals surface area (Å²) in [7, 11) is 0. The first-order valence-corrected chi connectivity index (χ1v) is 15.3. The summed E-state index contributed by atoms with van der Waals surface area (Å²) in [6, 6.07) is 5.61. The number of halogens is 3. The Balaban J connectivity index is 1.29. The minimum Gasteiger partial charge on any atom is -0.481 e. The normalized spacial score (nSPS) is 19.1. The van der Waals surface area contributed by atoms with Gasteiger partial charge in [-0.05, 0) is 37.9 Å².